The van der Waals surface area contributed by atoms with E-state index in [1.54, 1.807) is 31.2 Å². The van der Waals surface area contributed by atoms with E-state index < -0.39 is 28.1 Å². The number of morpholine rings is 1. The normalized spacial score (nSPS) is 20.6. The number of sulfonamides is 1. The Balaban J connectivity index is 1.64. The van der Waals surface area contributed by atoms with Crippen LogP contribution in [0.1, 0.15) is 20.8 Å². The molecule has 184 valence electrons. The number of hydrogen-bond acceptors (Lipinski definition) is 7. The number of fused-ring (bicyclic) bond motifs is 1. The molecule has 34 heavy (non-hydrogen) atoms. The molecule has 2 aliphatic heterocycles. The van der Waals surface area contributed by atoms with Gasteiger partial charge < -0.3 is 24.4 Å². The Hall–Kier alpha value is -2.82. The summed E-state index contributed by atoms with van der Waals surface area (Å²) in [4.78, 5) is 15.5. The van der Waals surface area contributed by atoms with Crippen molar-refractivity contribution in [3.63, 3.8) is 0 Å². The number of hydrogen-bond donors (Lipinski definition) is 1. The van der Waals surface area contributed by atoms with Gasteiger partial charge >= 0.3 is 0 Å². The molecule has 0 aliphatic carbocycles. The van der Waals surface area contributed by atoms with Gasteiger partial charge in [0.15, 0.2) is 11.5 Å². The van der Waals surface area contributed by atoms with E-state index in [4.69, 9.17) is 14.2 Å². The summed E-state index contributed by atoms with van der Waals surface area (Å²) in [6.45, 7) is 8.49. The Morgan fingerprint density at radius 3 is 2.35 bits per heavy atom. The monoisotopic (exact) mass is 489 g/mol. The molecule has 0 spiro atoms. The highest BCUT2D eigenvalue weighted by Gasteiger charge is 2.35. The van der Waals surface area contributed by atoms with Crippen molar-refractivity contribution in [2.45, 2.75) is 37.9 Å². The third-order valence-electron chi connectivity index (χ3n) is 6.04. The van der Waals surface area contributed by atoms with Gasteiger partial charge in [-0.25, -0.2) is 8.42 Å². The van der Waals surface area contributed by atoms with Crippen molar-refractivity contribution in [1.29, 1.82) is 0 Å². The van der Waals surface area contributed by atoms with Crippen molar-refractivity contribution in [2.24, 2.45) is 0 Å². The van der Waals surface area contributed by atoms with E-state index >= 15 is 0 Å². The molecule has 1 saturated heterocycles. The topological polar surface area (TPSA) is 97.4 Å². The van der Waals surface area contributed by atoms with Gasteiger partial charge in [0.1, 0.15) is 6.10 Å². The second-order valence-corrected chi connectivity index (χ2v) is 10.1. The number of para-hydroxylation sites is 2. The largest absolute Gasteiger partial charge is 0.482 e. The molecule has 0 saturated carbocycles. The maximum Gasteiger partial charge on any atom is 0.269 e. The van der Waals surface area contributed by atoms with Crippen molar-refractivity contribution in [1.82, 2.24) is 4.31 Å². The number of amides is 1. The van der Waals surface area contributed by atoms with Gasteiger partial charge in [0.05, 0.1) is 29.5 Å². The Labute approximate surface area is 200 Å². The Morgan fingerprint density at radius 2 is 1.71 bits per heavy atom. The van der Waals surface area contributed by atoms with Gasteiger partial charge in [-0.2, -0.15) is 4.31 Å². The molecule has 4 rings (SSSR count). The first kappa shape index (κ1) is 24.3. The van der Waals surface area contributed by atoms with Crippen molar-refractivity contribution in [2.75, 3.05) is 49.6 Å². The molecule has 2 aliphatic rings. The maximum atomic E-state index is 13.3. The van der Waals surface area contributed by atoms with Crippen LogP contribution in [0.15, 0.2) is 47.4 Å². The van der Waals surface area contributed by atoms with Crippen LogP contribution in [-0.4, -0.2) is 70.2 Å². The predicted octanol–water partition coefficient (Wildman–Crippen LogP) is 2.72. The molecule has 0 aromatic heterocycles. The van der Waals surface area contributed by atoms with E-state index in [0.29, 0.717) is 56.6 Å². The fraction of sp³-hybridized carbons (Fsp3) is 0.458. The van der Waals surface area contributed by atoms with E-state index in [1.807, 2.05) is 26.0 Å². The zero-order valence-electron chi connectivity index (χ0n) is 19.7. The van der Waals surface area contributed by atoms with Crippen molar-refractivity contribution in [3.8, 4) is 11.5 Å². The van der Waals surface area contributed by atoms with Gasteiger partial charge in [-0.1, -0.05) is 12.1 Å². The van der Waals surface area contributed by atoms with Crippen LogP contribution in [0, 0.1) is 0 Å². The van der Waals surface area contributed by atoms with Crippen LogP contribution in [0.2, 0.25) is 0 Å². The second kappa shape index (κ2) is 10.2. The van der Waals surface area contributed by atoms with Crippen molar-refractivity contribution in [3.05, 3.63) is 42.5 Å². The number of carbonyl (C=O) groups excluding carboxylic acids is 1. The highest BCUT2D eigenvalue weighted by Crippen LogP contribution is 2.35. The van der Waals surface area contributed by atoms with Gasteiger partial charge in [0, 0.05) is 26.2 Å². The zero-order chi connectivity index (χ0) is 24.3. The van der Waals surface area contributed by atoms with E-state index in [9.17, 15) is 13.2 Å². The minimum absolute atomic E-state index is 0.125. The molecule has 10 heteroatoms. The zero-order valence-corrected chi connectivity index (χ0v) is 20.5. The summed E-state index contributed by atoms with van der Waals surface area (Å²) < 4.78 is 45.0. The van der Waals surface area contributed by atoms with E-state index in [-0.39, 0.29) is 4.90 Å². The summed E-state index contributed by atoms with van der Waals surface area (Å²) in [5.41, 5.74) is 1.15. The first-order valence-electron chi connectivity index (χ1n) is 11.5. The number of benzene rings is 2. The van der Waals surface area contributed by atoms with Crippen LogP contribution < -0.4 is 19.7 Å². The van der Waals surface area contributed by atoms with Gasteiger partial charge in [0.2, 0.25) is 16.1 Å². The lowest BCUT2D eigenvalue weighted by Crippen LogP contribution is -2.46. The first-order valence-corrected chi connectivity index (χ1v) is 13.0. The quantitative estimate of drug-likeness (QED) is 0.639. The summed E-state index contributed by atoms with van der Waals surface area (Å²) in [6, 6.07) is 12.0. The SMILES string of the molecule is CCN(CC)c1ccc(S(=O)(=O)N2CCOCC2)cc1NC(=O)C1Oc2ccccc2OC1C. The number of ether oxygens (including phenoxy) is 3. The molecule has 2 aromatic rings. The van der Waals surface area contributed by atoms with E-state index in [2.05, 4.69) is 10.2 Å². The number of nitrogens with one attached hydrogen (secondary N) is 1. The van der Waals surface area contributed by atoms with Crippen LogP contribution >= 0.6 is 0 Å². The van der Waals surface area contributed by atoms with Gasteiger partial charge in [-0.15, -0.1) is 0 Å². The van der Waals surface area contributed by atoms with Crippen LogP contribution in [0.5, 0.6) is 11.5 Å². The maximum absolute atomic E-state index is 13.3. The molecule has 2 aromatic carbocycles. The molecule has 2 heterocycles. The van der Waals surface area contributed by atoms with Crippen molar-refractivity contribution < 1.29 is 27.4 Å². The highest BCUT2D eigenvalue weighted by atomic mass is 32.2. The molecule has 0 bridgehead atoms. The Morgan fingerprint density at radius 1 is 1.06 bits per heavy atom. The molecule has 2 atom stereocenters. The number of rotatable bonds is 7. The molecular formula is C24H31N3O6S. The summed E-state index contributed by atoms with van der Waals surface area (Å²) in [7, 11) is -3.72. The molecule has 1 fully saturated rings. The van der Waals surface area contributed by atoms with Crippen LogP contribution in [0.4, 0.5) is 11.4 Å². The number of anilines is 2. The fourth-order valence-corrected chi connectivity index (χ4v) is 5.60. The standard InChI is InChI=1S/C24H31N3O6S/c1-4-26(5-2)20-11-10-18(34(29,30)27-12-14-31-15-13-27)16-19(20)25-24(28)23-17(3)32-21-8-6-7-9-22(21)33-23/h6-11,16-17,23H,4-5,12-15H2,1-3H3,(H,25,28). The van der Waals surface area contributed by atoms with E-state index in [1.165, 1.54) is 10.4 Å². The average molecular weight is 490 g/mol. The molecule has 9 nitrogen and oxygen atoms in total. The minimum atomic E-state index is -3.72. The highest BCUT2D eigenvalue weighted by molar-refractivity contribution is 7.89. The smallest absolute Gasteiger partial charge is 0.269 e. The summed E-state index contributed by atoms with van der Waals surface area (Å²) in [5, 5.41) is 2.91. The summed E-state index contributed by atoms with van der Waals surface area (Å²) in [6.07, 6.45) is -1.41. The molecule has 1 amide bonds. The molecule has 0 radical (unpaired) electrons. The van der Waals surface area contributed by atoms with Crippen LogP contribution in [-0.2, 0) is 19.6 Å². The van der Waals surface area contributed by atoms with Crippen LogP contribution in [0.3, 0.4) is 0 Å². The molecule has 2 unspecified atom stereocenters. The lowest BCUT2D eigenvalue weighted by atomic mass is 10.1. The minimum Gasteiger partial charge on any atom is -0.482 e. The second-order valence-electron chi connectivity index (χ2n) is 8.17. The van der Waals surface area contributed by atoms with Gasteiger partial charge in [0.25, 0.3) is 5.91 Å². The van der Waals surface area contributed by atoms with E-state index in [0.717, 1.165) is 5.69 Å². The number of nitrogens with zero attached hydrogens (tertiary/aromatic N) is 2. The van der Waals surface area contributed by atoms with Crippen molar-refractivity contribution >= 4 is 27.3 Å². The summed E-state index contributed by atoms with van der Waals surface area (Å²) >= 11 is 0. The lowest BCUT2D eigenvalue weighted by Gasteiger charge is -2.32. The van der Waals surface area contributed by atoms with Gasteiger partial charge in [-0.05, 0) is 51.1 Å². The molecular weight excluding hydrogens is 458 g/mol. The Kier molecular flexibility index (Phi) is 7.30. The predicted molar refractivity (Wildman–Crippen MR) is 129 cm³/mol. The van der Waals surface area contributed by atoms with Crippen LogP contribution in [0.25, 0.3) is 0 Å². The summed E-state index contributed by atoms with van der Waals surface area (Å²) in [5.74, 6) is 0.672. The molecule has 1 N–H and O–H groups in total. The number of carbonyl (C=O) groups is 1. The Bertz CT molecular complexity index is 1130. The first-order chi connectivity index (χ1) is 16.3. The average Bonchev–Trinajstić information content (AvgIpc) is 2.85. The van der Waals surface area contributed by atoms with Gasteiger partial charge in [-0.3, -0.25) is 4.79 Å². The fourth-order valence-electron chi connectivity index (χ4n) is 4.16. The lowest BCUT2D eigenvalue weighted by molar-refractivity contribution is -0.128. The third kappa shape index (κ3) is 4.84. The third-order valence-corrected chi connectivity index (χ3v) is 7.93.